The molecule has 0 fully saturated rings. The Hall–Kier alpha value is -2.33. The molecular weight excluding hydrogens is 300 g/mol. The smallest absolute Gasteiger partial charge is 0.313 e. The Morgan fingerprint density at radius 2 is 1.73 bits per heavy atom. The van der Waals surface area contributed by atoms with Gasteiger partial charge in [-0.3, -0.25) is 9.59 Å². The van der Waals surface area contributed by atoms with Crippen LogP contribution in [0, 0.1) is 13.8 Å². The Morgan fingerprint density at radius 3 is 2.41 bits per heavy atom. The third-order valence-corrected chi connectivity index (χ3v) is 3.74. The van der Waals surface area contributed by atoms with E-state index in [9.17, 15) is 9.59 Å². The maximum atomic E-state index is 11.9. The van der Waals surface area contributed by atoms with Gasteiger partial charge < -0.3 is 10.6 Å². The normalized spacial score (nSPS) is 10.1. The van der Waals surface area contributed by atoms with Crippen molar-refractivity contribution in [3.05, 3.63) is 64.2 Å². The van der Waals surface area contributed by atoms with Gasteiger partial charge in [0.25, 0.3) is 0 Å². The molecule has 2 amide bonds. The summed E-state index contributed by atoms with van der Waals surface area (Å²) in [5, 5.41) is 5.68. The lowest BCUT2D eigenvalue weighted by Crippen LogP contribution is -2.35. The summed E-state index contributed by atoms with van der Waals surface area (Å²) in [6.07, 6.45) is 0. The van der Waals surface area contributed by atoms with E-state index in [1.807, 2.05) is 32.0 Å². The summed E-state index contributed by atoms with van der Waals surface area (Å²) < 4.78 is 0. The zero-order chi connectivity index (χ0) is 16.1. The molecule has 0 unspecified atom stereocenters. The number of halogens is 1. The third kappa shape index (κ3) is 4.09. The quantitative estimate of drug-likeness (QED) is 0.854. The minimum Gasteiger partial charge on any atom is -0.344 e. The van der Waals surface area contributed by atoms with Crippen molar-refractivity contribution in [2.45, 2.75) is 20.4 Å². The van der Waals surface area contributed by atoms with Gasteiger partial charge in [-0.1, -0.05) is 35.9 Å². The van der Waals surface area contributed by atoms with Crippen LogP contribution in [0.25, 0.3) is 0 Å². The molecule has 2 aromatic rings. The standard InChI is InChI=1S/C17H17ClN2O2/c1-11-7-8-14(9-12(11)2)20-17(22)16(21)19-10-13-5-3-4-6-15(13)18/h3-9H,10H2,1-2H3,(H,19,21)(H,20,22). The van der Waals surface area contributed by atoms with E-state index in [0.29, 0.717) is 10.7 Å². The Bertz CT molecular complexity index is 714. The molecule has 0 atom stereocenters. The van der Waals surface area contributed by atoms with Crippen molar-refractivity contribution < 1.29 is 9.59 Å². The highest BCUT2D eigenvalue weighted by atomic mass is 35.5. The highest BCUT2D eigenvalue weighted by molar-refractivity contribution is 6.39. The molecule has 0 bridgehead atoms. The second kappa shape index (κ2) is 7.09. The van der Waals surface area contributed by atoms with Crippen LogP contribution >= 0.6 is 11.6 Å². The molecule has 0 saturated carbocycles. The summed E-state index contributed by atoms with van der Waals surface area (Å²) in [6, 6.07) is 12.6. The predicted octanol–water partition coefficient (Wildman–Crippen LogP) is 3.21. The number of aryl methyl sites for hydroxylation is 2. The van der Waals surface area contributed by atoms with Crippen molar-refractivity contribution in [2.24, 2.45) is 0 Å². The summed E-state index contributed by atoms with van der Waals surface area (Å²) in [5.41, 5.74) is 3.54. The molecule has 0 aliphatic carbocycles. The van der Waals surface area contributed by atoms with Gasteiger partial charge >= 0.3 is 11.8 Å². The molecular formula is C17H17ClN2O2. The van der Waals surface area contributed by atoms with Crippen molar-refractivity contribution in [3.63, 3.8) is 0 Å². The number of carbonyl (C=O) groups excluding carboxylic acids is 2. The first kappa shape index (κ1) is 16.0. The molecule has 0 heterocycles. The van der Waals surface area contributed by atoms with E-state index in [-0.39, 0.29) is 6.54 Å². The summed E-state index contributed by atoms with van der Waals surface area (Å²) in [4.78, 5) is 23.7. The number of benzene rings is 2. The summed E-state index contributed by atoms with van der Waals surface area (Å²) in [6.45, 7) is 4.14. The number of amides is 2. The second-order valence-corrected chi connectivity index (χ2v) is 5.43. The molecule has 4 nitrogen and oxygen atoms in total. The maximum Gasteiger partial charge on any atom is 0.313 e. The van der Waals surface area contributed by atoms with Gasteiger partial charge in [-0.05, 0) is 48.7 Å². The molecule has 2 rings (SSSR count). The fourth-order valence-electron chi connectivity index (χ4n) is 1.90. The van der Waals surface area contributed by atoms with Crippen LogP contribution in [0.3, 0.4) is 0 Å². The molecule has 0 radical (unpaired) electrons. The van der Waals surface area contributed by atoms with E-state index in [4.69, 9.17) is 11.6 Å². The Labute approximate surface area is 134 Å². The van der Waals surface area contributed by atoms with E-state index in [1.54, 1.807) is 24.3 Å². The van der Waals surface area contributed by atoms with E-state index in [2.05, 4.69) is 10.6 Å². The fraction of sp³-hybridized carbons (Fsp3) is 0.176. The average Bonchev–Trinajstić information content (AvgIpc) is 2.50. The Kier molecular flexibility index (Phi) is 5.17. The lowest BCUT2D eigenvalue weighted by molar-refractivity contribution is -0.136. The Morgan fingerprint density at radius 1 is 1.00 bits per heavy atom. The van der Waals surface area contributed by atoms with Gasteiger partial charge in [0.2, 0.25) is 0 Å². The SMILES string of the molecule is Cc1ccc(NC(=O)C(=O)NCc2ccccc2Cl)cc1C. The lowest BCUT2D eigenvalue weighted by atomic mass is 10.1. The summed E-state index contributed by atoms with van der Waals surface area (Å²) in [5.74, 6) is -1.39. The molecule has 2 N–H and O–H groups in total. The fourth-order valence-corrected chi connectivity index (χ4v) is 2.11. The van der Waals surface area contributed by atoms with E-state index >= 15 is 0 Å². The third-order valence-electron chi connectivity index (χ3n) is 3.37. The van der Waals surface area contributed by atoms with Crippen LogP contribution in [-0.2, 0) is 16.1 Å². The summed E-state index contributed by atoms with van der Waals surface area (Å²) in [7, 11) is 0. The van der Waals surface area contributed by atoms with Crippen molar-refractivity contribution in [1.82, 2.24) is 5.32 Å². The van der Waals surface area contributed by atoms with Gasteiger partial charge in [-0.15, -0.1) is 0 Å². The molecule has 22 heavy (non-hydrogen) atoms. The van der Waals surface area contributed by atoms with Crippen LogP contribution < -0.4 is 10.6 Å². The molecule has 0 aromatic heterocycles. The van der Waals surface area contributed by atoms with Gasteiger partial charge in [0.05, 0.1) is 0 Å². The number of anilines is 1. The summed E-state index contributed by atoms with van der Waals surface area (Å²) >= 11 is 6.00. The molecule has 0 spiro atoms. The largest absolute Gasteiger partial charge is 0.344 e. The van der Waals surface area contributed by atoms with Crippen molar-refractivity contribution in [2.75, 3.05) is 5.32 Å². The van der Waals surface area contributed by atoms with Crippen LogP contribution in [0.4, 0.5) is 5.69 Å². The molecule has 0 aliphatic rings. The number of hydrogen-bond acceptors (Lipinski definition) is 2. The van der Waals surface area contributed by atoms with Gasteiger partial charge in [0.15, 0.2) is 0 Å². The average molecular weight is 317 g/mol. The Balaban J connectivity index is 1.93. The van der Waals surface area contributed by atoms with E-state index in [1.165, 1.54) is 0 Å². The monoisotopic (exact) mass is 316 g/mol. The number of rotatable bonds is 3. The van der Waals surface area contributed by atoms with Gasteiger partial charge in [-0.2, -0.15) is 0 Å². The van der Waals surface area contributed by atoms with Gasteiger partial charge in [0, 0.05) is 17.3 Å². The van der Waals surface area contributed by atoms with Gasteiger partial charge in [-0.25, -0.2) is 0 Å². The van der Waals surface area contributed by atoms with Gasteiger partial charge in [0.1, 0.15) is 0 Å². The number of nitrogens with one attached hydrogen (secondary N) is 2. The zero-order valence-corrected chi connectivity index (χ0v) is 13.2. The molecule has 0 aliphatic heterocycles. The molecule has 2 aromatic carbocycles. The van der Waals surface area contributed by atoms with Crippen LogP contribution in [-0.4, -0.2) is 11.8 Å². The van der Waals surface area contributed by atoms with E-state index < -0.39 is 11.8 Å². The maximum absolute atomic E-state index is 11.9. The van der Waals surface area contributed by atoms with Crippen molar-refractivity contribution in [1.29, 1.82) is 0 Å². The first-order valence-electron chi connectivity index (χ1n) is 6.87. The highest BCUT2D eigenvalue weighted by Gasteiger charge is 2.14. The number of hydrogen-bond donors (Lipinski definition) is 2. The first-order chi connectivity index (χ1) is 10.5. The molecule has 5 heteroatoms. The van der Waals surface area contributed by atoms with Crippen LogP contribution in [0.2, 0.25) is 5.02 Å². The van der Waals surface area contributed by atoms with Crippen molar-refractivity contribution in [3.8, 4) is 0 Å². The van der Waals surface area contributed by atoms with Crippen LogP contribution in [0.15, 0.2) is 42.5 Å². The first-order valence-corrected chi connectivity index (χ1v) is 7.25. The highest BCUT2D eigenvalue weighted by Crippen LogP contribution is 2.15. The zero-order valence-electron chi connectivity index (χ0n) is 12.4. The predicted molar refractivity (Wildman–Crippen MR) is 87.8 cm³/mol. The topological polar surface area (TPSA) is 58.2 Å². The van der Waals surface area contributed by atoms with Crippen LogP contribution in [0.1, 0.15) is 16.7 Å². The molecule has 114 valence electrons. The molecule has 0 saturated heterocycles. The lowest BCUT2D eigenvalue weighted by Gasteiger charge is -2.09. The van der Waals surface area contributed by atoms with E-state index in [0.717, 1.165) is 16.7 Å². The number of carbonyl (C=O) groups is 2. The second-order valence-electron chi connectivity index (χ2n) is 5.03. The van der Waals surface area contributed by atoms with Crippen LogP contribution in [0.5, 0.6) is 0 Å². The minimum absolute atomic E-state index is 0.207. The minimum atomic E-state index is -0.699. The van der Waals surface area contributed by atoms with Crippen molar-refractivity contribution >= 4 is 29.1 Å².